The summed E-state index contributed by atoms with van der Waals surface area (Å²) in [7, 11) is -3.22. The molecule has 0 amide bonds. The zero-order valence-electron chi connectivity index (χ0n) is 10.3. The maximum absolute atomic E-state index is 11.4. The first-order valence-electron chi connectivity index (χ1n) is 5.73. The molecule has 2 rings (SSSR count). The van der Waals surface area contributed by atoms with Crippen molar-refractivity contribution in [3.63, 3.8) is 0 Å². The molecule has 9 heteroatoms. The van der Waals surface area contributed by atoms with E-state index in [0.29, 0.717) is 18.1 Å². The number of pyridine rings is 1. The lowest BCUT2D eigenvalue weighted by molar-refractivity contribution is 0.584. The molecule has 0 aliphatic carbocycles. The van der Waals surface area contributed by atoms with E-state index in [1.54, 1.807) is 17.6 Å². The van der Waals surface area contributed by atoms with Crippen LogP contribution in [0.15, 0.2) is 22.8 Å². The first kappa shape index (κ1) is 14.2. The molecule has 2 heterocycles. The highest BCUT2D eigenvalue weighted by Crippen LogP contribution is 2.11. The van der Waals surface area contributed by atoms with Crippen molar-refractivity contribution in [2.24, 2.45) is 0 Å². The van der Waals surface area contributed by atoms with Crippen LogP contribution in [0.4, 0.5) is 5.95 Å². The van der Waals surface area contributed by atoms with Crippen LogP contribution in [0, 0.1) is 0 Å². The molecule has 2 aromatic rings. The molecule has 0 unspecified atom stereocenters. The fourth-order valence-corrected chi connectivity index (χ4v) is 2.80. The number of aromatic nitrogens is 3. The lowest BCUT2D eigenvalue weighted by Crippen LogP contribution is -2.29. The maximum Gasteiger partial charge on any atom is 0.243 e. The van der Waals surface area contributed by atoms with Crippen molar-refractivity contribution in [2.75, 3.05) is 24.2 Å². The van der Waals surface area contributed by atoms with Gasteiger partial charge in [-0.2, -0.15) is 4.98 Å². The minimum absolute atomic E-state index is 0.0138. The number of nitrogens with one attached hydrogen (secondary N) is 2. The SMILES string of the molecule is CCNS(=O)(=O)CCNc1nc2ccc(Br)cn2n1. The highest BCUT2D eigenvalue weighted by molar-refractivity contribution is 9.10. The first-order valence-corrected chi connectivity index (χ1v) is 8.18. The number of anilines is 1. The Morgan fingerprint density at radius 3 is 2.95 bits per heavy atom. The van der Waals surface area contributed by atoms with Gasteiger partial charge in [0.2, 0.25) is 16.0 Å². The quantitative estimate of drug-likeness (QED) is 0.808. The zero-order valence-corrected chi connectivity index (χ0v) is 12.7. The molecular formula is C10H14BrN5O2S. The summed E-state index contributed by atoms with van der Waals surface area (Å²) in [6, 6.07) is 3.68. The standard InChI is InChI=1S/C10H14BrN5O2S/c1-2-13-19(17,18)6-5-12-10-14-9-4-3-8(11)7-16(9)15-10/h3-4,7,13H,2,5-6H2,1H3,(H,12,15). The van der Waals surface area contributed by atoms with Crippen LogP contribution in [-0.2, 0) is 10.0 Å². The lowest BCUT2D eigenvalue weighted by Gasteiger charge is -2.04. The minimum atomic E-state index is -3.22. The second kappa shape index (κ2) is 5.85. The predicted molar refractivity (Wildman–Crippen MR) is 76.6 cm³/mol. The fourth-order valence-electron chi connectivity index (χ4n) is 1.52. The van der Waals surface area contributed by atoms with Gasteiger partial charge in [-0.1, -0.05) is 6.92 Å². The van der Waals surface area contributed by atoms with Gasteiger partial charge in [0.25, 0.3) is 0 Å². The van der Waals surface area contributed by atoms with Gasteiger partial charge < -0.3 is 5.32 Å². The van der Waals surface area contributed by atoms with Gasteiger partial charge in [-0.15, -0.1) is 5.10 Å². The fraction of sp³-hybridized carbons (Fsp3) is 0.400. The molecule has 0 fully saturated rings. The monoisotopic (exact) mass is 347 g/mol. The Morgan fingerprint density at radius 1 is 1.42 bits per heavy atom. The van der Waals surface area contributed by atoms with Crippen molar-refractivity contribution < 1.29 is 8.42 Å². The topological polar surface area (TPSA) is 88.4 Å². The highest BCUT2D eigenvalue weighted by Gasteiger charge is 2.09. The molecule has 7 nitrogen and oxygen atoms in total. The smallest absolute Gasteiger partial charge is 0.243 e. The molecule has 2 N–H and O–H groups in total. The van der Waals surface area contributed by atoms with Gasteiger partial charge in [0.15, 0.2) is 5.65 Å². The molecule has 2 aromatic heterocycles. The van der Waals surface area contributed by atoms with Crippen LogP contribution in [0.3, 0.4) is 0 Å². The normalized spacial score (nSPS) is 11.9. The highest BCUT2D eigenvalue weighted by atomic mass is 79.9. The molecule has 0 aliphatic heterocycles. The number of hydrogen-bond donors (Lipinski definition) is 2. The average Bonchev–Trinajstić information content (AvgIpc) is 2.70. The van der Waals surface area contributed by atoms with Crippen molar-refractivity contribution >= 4 is 37.5 Å². The van der Waals surface area contributed by atoms with E-state index in [1.165, 1.54) is 0 Å². The van der Waals surface area contributed by atoms with Crippen LogP contribution in [0.1, 0.15) is 6.92 Å². The van der Waals surface area contributed by atoms with Gasteiger partial charge in [0.1, 0.15) is 0 Å². The molecular weight excluding hydrogens is 334 g/mol. The molecule has 0 aliphatic rings. The second-order valence-electron chi connectivity index (χ2n) is 3.83. The van der Waals surface area contributed by atoms with Crippen molar-refractivity contribution in [1.82, 2.24) is 19.3 Å². The number of halogens is 1. The Labute approximate surface area is 119 Å². The summed E-state index contributed by atoms with van der Waals surface area (Å²) in [5.74, 6) is 0.393. The van der Waals surface area contributed by atoms with E-state index in [-0.39, 0.29) is 12.3 Å². The summed E-state index contributed by atoms with van der Waals surface area (Å²) in [4.78, 5) is 4.22. The van der Waals surface area contributed by atoms with Crippen LogP contribution in [0.25, 0.3) is 5.65 Å². The van der Waals surface area contributed by atoms with Gasteiger partial charge in [0.05, 0.1) is 5.75 Å². The van der Waals surface area contributed by atoms with Crippen LogP contribution in [-0.4, -0.2) is 41.9 Å². The number of hydrogen-bond acceptors (Lipinski definition) is 5. The van der Waals surface area contributed by atoms with Crippen LogP contribution >= 0.6 is 15.9 Å². The third kappa shape index (κ3) is 3.88. The third-order valence-corrected chi connectivity index (χ3v) is 4.25. The Kier molecular flexibility index (Phi) is 4.38. The number of nitrogens with zero attached hydrogens (tertiary/aromatic N) is 3. The van der Waals surface area contributed by atoms with E-state index < -0.39 is 10.0 Å². The molecule has 0 aromatic carbocycles. The van der Waals surface area contributed by atoms with E-state index in [2.05, 4.69) is 36.1 Å². The average molecular weight is 348 g/mol. The second-order valence-corrected chi connectivity index (χ2v) is 6.67. The van der Waals surface area contributed by atoms with E-state index >= 15 is 0 Å². The Morgan fingerprint density at radius 2 is 2.21 bits per heavy atom. The lowest BCUT2D eigenvalue weighted by atomic mass is 10.5. The largest absolute Gasteiger partial charge is 0.352 e. The van der Waals surface area contributed by atoms with Crippen molar-refractivity contribution in [3.8, 4) is 0 Å². The van der Waals surface area contributed by atoms with Gasteiger partial charge in [0, 0.05) is 23.8 Å². The molecule has 104 valence electrons. The molecule has 19 heavy (non-hydrogen) atoms. The number of sulfonamides is 1. The van der Waals surface area contributed by atoms with Gasteiger partial charge in [-0.25, -0.2) is 17.7 Å². The predicted octanol–water partition coefficient (Wildman–Crippen LogP) is 0.843. The maximum atomic E-state index is 11.4. The Balaban J connectivity index is 1.99. The Bertz CT molecular complexity index is 670. The van der Waals surface area contributed by atoms with Gasteiger partial charge in [-0.3, -0.25) is 0 Å². The zero-order chi connectivity index (χ0) is 13.9. The number of rotatable bonds is 6. The van der Waals surface area contributed by atoms with Crippen molar-refractivity contribution in [2.45, 2.75) is 6.92 Å². The van der Waals surface area contributed by atoms with E-state index in [0.717, 1.165) is 4.47 Å². The summed E-state index contributed by atoms with van der Waals surface area (Å²) in [5, 5.41) is 7.08. The van der Waals surface area contributed by atoms with Crippen LogP contribution < -0.4 is 10.0 Å². The van der Waals surface area contributed by atoms with Gasteiger partial charge >= 0.3 is 0 Å². The molecule has 0 saturated carbocycles. The van der Waals surface area contributed by atoms with E-state index in [1.807, 2.05) is 12.1 Å². The summed E-state index contributed by atoms with van der Waals surface area (Å²) in [5.41, 5.74) is 0.695. The Hall–Kier alpha value is -1.19. The molecule has 0 saturated heterocycles. The molecule has 0 bridgehead atoms. The first-order chi connectivity index (χ1) is 9.00. The molecule has 0 spiro atoms. The number of fused-ring (bicyclic) bond motifs is 1. The summed E-state index contributed by atoms with van der Waals surface area (Å²) in [6.45, 7) is 2.39. The summed E-state index contributed by atoms with van der Waals surface area (Å²) >= 11 is 3.34. The summed E-state index contributed by atoms with van der Waals surface area (Å²) in [6.07, 6.45) is 1.78. The van der Waals surface area contributed by atoms with Crippen LogP contribution in [0.5, 0.6) is 0 Å². The molecule has 0 atom stereocenters. The van der Waals surface area contributed by atoms with Crippen molar-refractivity contribution in [3.05, 3.63) is 22.8 Å². The van der Waals surface area contributed by atoms with Gasteiger partial charge in [-0.05, 0) is 28.1 Å². The summed E-state index contributed by atoms with van der Waals surface area (Å²) < 4.78 is 27.8. The third-order valence-electron chi connectivity index (χ3n) is 2.31. The van der Waals surface area contributed by atoms with Crippen LogP contribution in [0.2, 0.25) is 0 Å². The minimum Gasteiger partial charge on any atom is -0.352 e. The van der Waals surface area contributed by atoms with E-state index in [9.17, 15) is 8.42 Å². The van der Waals surface area contributed by atoms with Crippen molar-refractivity contribution in [1.29, 1.82) is 0 Å². The van der Waals surface area contributed by atoms with E-state index in [4.69, 9.17) is 0 Å². The molecule has 0 radical (unpaired) electrons.